The van der Waals surface area contributed by atoms with Crippen molar-refractivity contribution in [3.8, 4) is 0 Å². The summed E-state index contributed by atoms with van der Waals surface area (Å²) in [7, 11) is 0. The first-order valence-electron chi connectivity index (χ1n) is 5.95. The van der Waals surface area contributed by atoms with Crippen LogP contribution in [0.15, 0.2) is 0 Å². The molecule has 1 saturated carbocycles. The van der Waals surface area contributed by atoms with Gasteiger partial charge in [0.2, 0.25) is 0 Å². The van der Waals surface area contributed by atoms with Crippen LogP contribution in [0.5, 0.6) is 0 Å². The quantitative estimate of drug-likeness (QED) is 0.606. The Morgan fingerprint density at radius 3 is 2.57 bits per heavy atom. The normalized spacial score (nSPS) is 24.9. The lowest BCUT2D eigenvalue weighted by Gasteiger charge is -1.99. The van der Waals surface area contributed by atoms with Crippen LogP contribution < -0.4 is 0 Å². The summed E-state index contributed by atoms with van der Waals surface area (Å²) < 4.78 is 0. The molecule has 1 aliphatic rings. The average Bonchev–Trinajstić information content (AvgIpc) is 2.82. The van der Waals surface area contributed by atoms with Crippen LogP contribution in [0.2, 0.25) is 0 Å². The summed E-state index contributed by atoms with van der Waals surface area (Å²) in [5.74, 6) is 0.634. The van der Waals surface area contributed by atoms with Crippen LogP contribution in [0.25, 0.3) is 0 Å². The van der Waals surface area contributed by atoms with Crippen molar-refractivity contribution >= 4 is 5.97 Å². The second kappa shape index (κ2) is 6.05. The van der Waals surface area contributed by atoms with E-state index >= 15 is 0 Å². The first-order valence-corrected chi connectivity index (χ1v) is 5.95. The van der Waals surface area contributed by atoms with Gasteiger partial charge in [-0.25, -0.2) is 0 Å². The molecule has 14 heavy (non-hydrogen) atoms. The number of aliphatic carboxylic acids is 1. The molecule has 0 amide bonds. The number of rotatable bonds is 8. The standard InChI is InChI=1S/C12H22O2/c1-2-3-4-5-6-7-10-8-11(10)9-12(13)14/h10-11H,2-9H2,1H3,(H,13,14)/t10-,11+/m0/s1. The summed E-state index contributed by atoms with van der Waals surface area (Å²) in [5, 5.41) is 8.58. The SMILES string of the molecule is CCCCCCC[C@H]1C[C@@H]1CC(=O)O. The Kier molecular flexibility index (Phi) is 4.99. The van der Waals surface area contributed by atoms with Crippen molar-refractivity contribution in [2.75, 3.05) is 0 Å². The zero-order valence-electron chi connectivity index (χ0n) is 9.17. The van der Waals surface area contributed by atoms with Crippen molar-refractivity contribution in [3.05, 3.63) is 0 Å². The van der Waals surface area contributed by atoms with Gasteiger partial charge in [0.05, 0.1) is 0 Å². The molecule has 0 aromatic carbocycles. The molecule has 0 aliphatic heterocycles. The highest BCUT2D eigenvalue weighted by Gasteiger charge is 2.37. The van der Waals surface area contributed by atoms with Gasteiger partial charge in [0.25, 0.3) is 0 Å². The number of carbonyl (C=O) groups is 1. The second-order valence-electron chi connectivity index (χ2n) is 4.56. The number of hydrogen-bond donors (Lipinski definition) is 1. The summed E-state index contributed by atoms with van der Waals surface area (Å²) in [6.45, 7) is 2.23. The zero-order chi connectivity index (χ0) is 10.4. The van der Waals surface area contributed by atoms with Gasteiger partial charge in [-0.05, 0) is 18.3 Å². The van der Waals surface area contributed by atoms with Gasteiger partial charge >= 0.3 is 5.97 Å². The molecule has 0 saturated heterocycles. The van der Waals surface area contributed by atoms with Gasteiger partial charge in [-0.1, -0.05) is 45.4 Å². The Balaban J connectivity index is 1.88. The average molecular weight is 198 g/mol. The lowest BCUT2D eigenvalue weighted by atomic mass is 10.1. The lowest BCUT2D eigenvalue weighted by molar-refractivity contribution is -0.137. The molecule has 0 aromatic rings. The Labute approximate surface area is 86.7 Å². The van der Waals surface area contributed by atoms with Crippen LogP contribution >= 0.6 is 0 Å². The maximum atomic E-state index is 10.4. The van der Waals surface area contributed by atoms with Crippen LogP contribution in [-0.2, 0) is 4.79 Å². The predicted molar refractivity (Wildman–Crippen MR) is 57.2 cm³/mol. The van der Waals surface area contributed by atoms with E-state index in [-0.39, 0.29) is 0 Å². The van der Waals surface area contributed by atoms with E-state index in [1.165, 1.54) is 44.9 Å². The highest BCUT2D eigenvalue weighted by atomic mass is 16.4. The molecule has 1 N–H and O–H groups in total. The molecule has 1 aliphatic carbocycles. The number of carboxylic acid groups (broad SMARTS) is 1. The van der Waals surface area contributed by atoms with Crippen molar-refractivity contribution < 1.29 is 9.90 Å². The summed E-state index contributed by atoms with van der Waals surface area (Å²) >= 11 is 0. The molecule has 0 unspecified atom stereocenters. The van der Waals surface area contributed by atoms with Crippen LogP contribution in [0.3, 0.4) is 0 Å². The predicted octanol–water partition coefficient (Wildman–Crippen LogP) is 3.46. The molecule has 2 atom stereocenters. The van der Waals surface area contributed by atoms with Crippen molar-refractivity contribution in [1.82, 2.24) is 0 Å². The molecule has 0 bridgehead atoms. The first kappa shape index (κ1) is 11.5. The molecular weight excluding hydrogens is 176 g/mol. The summed E-state index contributed by atoms with van der Waals surface area (Å²) in [6, 6.07) is 0. The van der Waals surface area contributed by atoms with Crippen LogP contribution in [0.1, 0.15) is 58.3 Å². The Bertz CT molecular complexity index is 177. The Morgan fingerprint density at radius 2 is 1.93 bits per heavy atom. The molecule has 1 rings (SSSR count). The van der Waals surface area contributed by atoms with E-state index in [9.17, 15) is 4.79 Å². The third kappa shape index (κ3) is 4.64. The van der Waals surface area contributed by atoms with Gasteiger partial charge in [-0.2, -0.15) is 0 Å². The molecule has 2 heteroatoms. The number of unbranched alkanes of at least 4 members (excludes halogenated alkanes) is 4. The molecule has 1 fully saturated rings. The van der Waals surface area contributed by atoms with E-state index in [1.807, 2.05) is 0 Å². The van der Waals surface area contributed by atoms with E-state index < -0.39 is 5.97 Å². The van der Waals surface area contributed by atoms with Crippen molar-refractivity contribution in [2.45, 2.75) is 58.3 Å². The van der Waals surface area contributed by atoms with E-state index in [1.54, 1.807) is 0 Å². The van der Waals surface area contributed by atoms with E-state index in [4.69, 9.17) is 5.11 Å². The van der Waals surface area contributed by atoms with Crippen molar-refractivity contribution in [2.24, 2.45) is 11.8 Å². The Hall–Kier alpha value is -0.530. The zero-order valence-corrected chi connectivity index (χ0v) is 9.17. The maximum absolute atomic E-state index is 10.4. The third-order valence-corrected chi connectivity index (χ3v) is 3.18. The Morgan fingerprint density at radius 1 is 1.21 bits per heavy atom. The largest absolute Gasteiger partial charge is 0.481 e. The smallest absolute Gasteiger partial charge is 0.303 e. The van der Waals surface area contributed by atoms with Gasteiger partial charge < -0.3 is 5.11 Å². The maximum Gasteiger partial charge on any atom is 0.303 e. The van der Waals surface area contributed by atoms with E-state index in [2.05, 4.69) is 6.92 Å². The van der Waals surface area contributed by atoms with Gasteiger partial charge in [-0.15, -0.1) is 0 Å². The molecule has 0 radical (unpaired) electrons. The highest BCUT2D eigenvalue weighted by molar-refractivity contribution is 5.67. The van der Waals surface area contributed by atoms with Gasteiger partial charge in [-0.3, -0.25) is 4.79 Å². The molecule has 0 heterocycles. The molecule has 82 valence electrons. The topological polar surface area (TPSA) is 37.3 Å². The molecule has 2 nitrogen and oxygen atoms in total. The number of carboxylic acids is 1. The second-order valence-corrected chi connectivity index (χ2v) is 4.56. The minimum absolute atomic E-state index is 0.402. The van der Waals surface area contributed by atoms with Crippen LogP contribution in [0.4, 0.5) is 0 Å². The summed E-state index contributed by atoms with van der Waals surface area (Å²) in [5.41, 5.74) is 0. The third-order valence-electron chi connectivity index (χ3n) is 3.18. The molecule has 0 spiro atoms. The van der Waals surface area contributed by atoms with Gasteiger partial charge in [0.1, 0.15) is 0 Å². The summed E-state index contributed by atoms with van der Waals surface area (Å²) in [4.78, 5) is 10.4. The minimum atomic E-state index is -0.622. The monoisotopic (exact) mass is 198 g/mol. The fourth-order valence-electron chi connectivity index (χ4n) is 2.15. The molecular formula is C12H22O2. The fourth-order valence-corrected chi connectivity index (χ4v) is 2.15. The number of hydrogen-bond acceptors (Lipinski definition) is 1. The van der Waals surface area contributed by atoms with Gasteiger partial charge in [0.15, 0.2) is 0 Å². The first-order chi connectivity index (χ1) is 6.74. The summed E-state index contributed by atoms with van der Waals surface area (Å²) in [6.07, 6.45) is 9.48. The van der Waals surface area contributed by atoms with Crippen LogP contribution in [0, 0.1) is 11.8 Å². The van der Waals surface area contributed by atoms with Crippen LogP contribution in [-0.4, -0.2) is 11.1 Å². The van der Waals surface area contributed by atoms with Crippen molar-refractivity contribution in [3.63, 3.8) is 0 Å². The minimum Gasteiger partial charge on any atom is -0.481 e. The highest BCUT2D eigenvalue weighted by Crippen LogP contribution is 2.44. The van der Waals surface area contributed by atoms with Crippen molar-refractivity contribution in [1.29, 1.82) is 0 Å². The fraction of sp³-hybridized carbons (Fsp3) is 0.917. The van der Waals surface area contributed by atoms with Gasteiger partial charge in [0, 0.05) is 6.42 Å². The molecule has 0 aromatic heterocycles. The van der Waals surface area contributed by atoms with E-state index in [0.717, 1.165) is 5.92 Å². The van der Waals surface area contributed by atoms with E-state index in [0.29, 0.717) is 12.3 Å². The lowest BCUT2D eigenvalue weighted by Crippen LogP contribution is -1.96.